The normalized spacial score (nSPS) is 10.6. The molecule has 0 fully saturated rings. The van der Waals surface area contributed by atoms with Crippen molar-refractivity contribution in [1.29, 1.82) is 0 Å². The minimum absolute atomic E-state index is 0.974. The van der Waals surface area contributed by atoms with Crippen LogP contribution in [-0.4, -0.2) is 9.97 Å². The molecule has 1 aromatic carbocycles. The summed E-state index contributed by atoms with van der Waals surface area (Å²) >= 11 is 0. The van der Waals surface area contributed by atoms with Crippen LogP contribution in [0.3, 0.4) is 0 Å². The van der Waals surface area contributed by atoms with Crippen molar-refractivity contribution in [1.82, 2.24) is 9.97 Å². The van der Waals surface area contributed by atoms with Crippen LogP contribution in [-0.2, 0) is 6.42 Å². The highest BCUT2D eigenvalue weighted by atomic mass is 14.9. The third-order valence-electron chi connectivity index (χ3n) is 2.64. The van der Waals surface area contributed by atoms with Gasteiger partial charge in [0.15, 0.2) is 0 Å². The van der Waals surface area contributed by atoms with Gasteiger partial charge in [0.2, 0.25) is 0 Å². The number of hydrogen-bond donors (Lipinski definition) is 1. The fourth-order valence-electron chi connectivity index (χ4n) is 1.79. The van der Waals surface area contributed by atoms with Gasteiger partial charge < -0.3 is 4.98 Å². The molecule has 15 heavy (non-hydrogen) atoms. The summed E-state index contributed by atoms with van der Waals surface area (Å²) in [5, 5.41) is 0. The number of benzene rings is 1. The molecule has 0 bridgehead atoms. The molecule has 2 rings (SSSR count). The SMILES string of the molecule is CCc1ccc(-c2nc(C)[nH]c2C)cc1. The van der Waals surface area contributed by atoms with Gasteiger partial charge in [-0.3, -0.25) is 0 Å². The van der Waals surface area contributed by atoms with Crippen molar-refractivity contribution in [2.24, 2.45) is 0 Å². The van der Waals surface area contributed by atoms with E-state index in [0.717, 1.165) is 23.6 Å². The molecule has 0 saturated carbocycles. The van der Waals surface area contributed by atoms with Crippen LogP contribution >= 0.6 is 0 Å². The molecule has 2 heteroatoms. The Labute approximate surface area is 90.4 Å². The molecule has 1 heterocycles. The molecule has 2 nitrogen and oxygen atoms in total. The summed E-state index contributed by atoms with van der Waals surface area (Å²) in [5.74, 6) is 0.974. The zero-order valence-corrected chi connectivity index (χ0v) is 9.46. The van der Waals surface area contributed by atoms with Gasteiger partial charge in [-0.15, -0.1) is 0 Å². The second-order valence-corrected chi connectivity index (χ2v) is 3.85. The molecule has 1 aromatic heterocycles. The van der Waals surface area contributed by atoms with Gasteiger partial charge in [-0.1, -0.05) is 31.2 Å². The van der Waals surface area contributed by atoms with Gasteiger partial charge in [-0.2, -0.15) is 0 Å². The lowest BCUT2D eigenvalue weighted by molar-refractivity contribution is 1.13. The number of H-pyrrole nitrogens is 1. The van der Waals surface area contributed by atoms with Crippen LogP contribution in [0.25, 0.3) is 11.3 Å². The highest BCUT2D eigenvalue weighted by molar-refractivity contribution is 5.62. The minimum Gasteiger partial charge on any atom is -0.346 e. The van der Waals surface area contributed by atoms with Crippen LogP contribution < -0.4 is 0 Å². The first-order chi connectivity index (χ1) is 7.20. The first-order valence-electron chi connectivity index (χ1n) is 5.33. The van der Waals surface area contributed by atoms with Crippen molar-refractivity contribution in [2.45, 2.75) is 27.2 Å². The van der Waals surface area contributed by atoms with Gasteiger partial charge >= 0.3 is 0 Å². The molecular weight excluding hydrogens is 184 g/mol. The first kappa shape index (κ1) is 9.97. The Balaban J connectivity index is 2.41. The third kappa shape index (κ3) is 1.94. The van der Waals surface area contributed by atoms with Crippen molar-refractivity contribution < 1.29 is 0 Å². The molecule has 0 aliphatic carbocycles. The minimum atomic E-state index is 0.974. The van der Waals surface area contributed by atoms with Crippen LogP contribution in [0.5, 0.6) is 0 Å². The second-order valence-electron chi connectivity index (χ2n) is 3.85. The van der Waals surface area contributed by atoms with Gasteiger partial charge in [0.05, 0.1) is 5.69 Å². The van der Waals surface area contributed by atoms with E-state index < -0.39 is 0 Å². The topological polar surface area (TPSA) is 28.7 Å². The monoisotopic (exact) mass is 200 g/mol. The van der Waals surface area contributed by atoms with Crippen molar-refractivity contribution in [3.8, 4) is 11.3 Å². The van der Waals surface area contributed by atoms with E-state index in [1.54, 1.807) is 0 Å². The van der Waals surface area contributed by atoms with E-state index in [1.165, 1.54) is 11.1 Å². The van der Waals surface area contributed by atoms with E-state index in [9.17, 15) is 0 Å². The summed E-state index contributed by atoms with van der Waals surface area (Å²) in [6.07, 6.45) is 1.08. The van der Waals surface area contributed by atoms with Gasteiger partial charge in [0.25, 0.3) is 0 Å². The number of hydrogen-bond acceptors (Lipinski definition) is 1. The average molecular weight is 200 g/mol. The van der Waals surface area contributed by atoms with E-state index >= 15 is 0 Å². The lowest BCUT2D eigenvalue weighted by Gasteiger charge is -2.00. The Morgan fingerprint density at radius 3 is 2.27 bits per heavy atom. The predicted molar refractivity (Wildman–Crippen MR) is 62.9 cm³/mol. The molecule has 0 aliphatic rings. The van der Waals surface area contributed by atoms with Gasteiger partial charge in [0.1, 0.15) is 5.82 Å². The summed E-state index contributed by atoms with van der Waals surface area (Å²) in [4.78, 5) is 7.70. The van der Waals surface area contributed by atoms with Crippen LogP contribution in [0.4, 0.5) is 0 Å². The number of imidazole rings is 1. The van der Waals surface area contributed by atoms with E-state index in [2.05, 4.69) is 48.1 Å². The Morgan fingerprint density at radius 2 is 1.80 bits per heavy atom. The summed E-state index contributed by atoms with van der Waals surface area (Å²) in [5.41, 5.74) is 4.75. The van der Waals surface area contributed by atoms with Crippen LogP contribution in [0.2, 0.25) is 0 Å². The maximum Gasteiger partial charge on any atom is 0.103 e. The molecule has 2 aromatic rings. The Hall–Kier alpha value is -1.57. The van der Waals surface area contributed by atoms with Crippen molar-refractivity contribution in [3.63, 3.8) is 0 Å². The predicted octanol–water partition coefficient (Wildman–Crippen LogP) is 3.26. The van der Waals surface area contributed by atoms with Crippen LogP contribution in [0.1, 0.15) is 24.0 Å². The van der Waals surface area contributed by atoms with Crippen LogP contribution in [0.15, 0.2) is 24.3 Å². The van der Waals surface area contributed by atoms with Crippen molar-refractivity contribution in [3.05, 3.63) is 41.3 Å². The van der Waals surface area contributed by atoms with E-state index in [0.29, 0.717) is 0 Å². The largest absolute Gasteiger partial charge is 0.346 e. The molecule has 0 aliphatic heterocycles. The quantitative estimate of drug-likeness (QED) is 0.792. The summed E-state index contributed by atoms with van der Waals surface area (Å²) in [6.45, 7) is 6.21. The highest BCUT2D eigenvalue weighted by Crippen LogP contribution is 2.21. The molecule has 0 saturated heterocycles. The van der Waals surface area contributed by atoms with Gasteiger partial charge in [-0.05, 0) is 25.8 Å². The van der Waals surface area contributed by atoms with E-state index in [-0.39, 0.29) is 0 Å². The molecule has 1 N–H and O–H groups in total. The zero-order valence-electron chi connectivity index (χ0n) is 9.46. The fraction of sp³-hybridized carbons (Fsp3) is 0.308. The number of nitrogens with zero attached hydrogens (tertiary/aromatic N) is 1. The molecule has 0 atom stereocenters. The van der Waals surface area contributed by atoms with Crippen molar-refractivity contribution in [2.75, 3.05) is 0 Å². The van der Waals surface area contributed by atoms with Crippen molar-refractivity contribution >= 4 is 0 Å². The molecule has 0 spiro atoms. The maximum atomic E-state index is 4.48. The smallest absolute Gasteiger partial charge is 0.103 e. The number of rotatable bonds is 2. The maximum absolute atomic E-state index is 4.48. The van der Waals surface area contributed by atoms with E-state index in [1.807, 2.05) is 6.92 Å². The summed E-state index contributed by atoms with van der Waals surface area (Å²) in [7, 11) is 0. The summed E-state index contributed by atoms with van der Waals surface area (Å²) < 4.78 is 0. The Kier molecular flexibility index (Phi) is 2.58. The zero-order chi connectivity index (χ0) is 10.8. The molecule has 0 unspecified atom stereocenters. The molecular formula is C13H16N2. The number of aryl methyl sites for hydroxylation is 3. The van der Waals surface area contributed by atoms with Gasteiger partial charge in [0, 0.05) is 11.3 Å². The average Bonchev–Trinajstić information content (AvgIpc) is 2.58. The highest BCUT2D eigenvalue weighted by Gasteiger charge is 2.05. The van der Waals surface area contributed by atoms with Gasteiger partial charge in [-0.25, -0.2) is 4.98 Å². The lowest BCUT2D eigenvalue weighted by atomic mass is 10.1. The Morgan fingerprint density at radius 1 is 1.13 bits per heavy atom. The molecule has 0 amide bonds. The summed E-state index contributed by atoms with van der Waals surface area (Å²) in [6, 6.07) is 8.61. The lowest BCUT2D eigenvalue weighted by Crippen LogP contribution is -1.83. The first-order valence-corrected chi connectivity index (χ1v) is 5.33. The fourth-order valence-corrected chi connectivity index (χ4v) is 1.79. The molecule has 78 valence electrons. The number of nitrogens with one attached hydrogen (secondary N) is 1. The van der Waals surface area contributed by atoms with Crippen LogP contribution in [0, 0.1) is 13.8 Å². The molecule has 0 radical (unpaired) electrons. The standard InChI is InChI=1S/C13H16N2/c1-4-11-5-7-12(8-6-11)13-9(2)14-10(3)15-13/h5-8H,4H2,1-3H3,(H,14,15). The third-order valence-corrected chi connectivity index (χ3v) is 2.64. The Bertz CT molecular complexity index is 452. The second kappa shape index (κ2) is 3.89. The number of aromatic nitrogens is 2. The number of aromatic amines is 1. The van der Waals surface area contributed by atoms with E-state index in [4.69, 9.17) is 0 Å².